The number of rotatable bonds is 1. The van der Waals surface area contributed by atoms with Crippen LogP contribution in [-0.2, 0) is 6.42 Å². The zero-order valence-electron chi connectivity index (χ0n) is 8.48. The molecule has 1 heterocycles. The predicted molar refractivity (Wildman–Crippen MR) is 78.3 cm³/mol. The second kappa shape index (κ2) is 4.75. The SMILES string of the molecule is CCC1NCCc2cc(I)c(O)c(I)c21. The number of halogens is 2. The summed E-state index contributed by atoms with van der Waals surface area (Å²) in [4.78, 5) is 0. The number of phenolic OH excluding ortho intramolecular Hbond substituents is 1. The van der Waals surface area contributed by atoms with Gasteiger partial charge < -0.3 is 10.4 Å². The molecule has 0 spiro atoms. The normalized spacial score (nSPS) is 20.1. The Hall–Kier alpha value is 0.440. The molecule has 4 heteroatoms. The van der Waals surface area contributed by atoms with Crippen molar-refractivity contribution in [2.75, 3.05) is 6.54 Å². The molecule has 0 amide bonds. The van der Waals surface area contributed by atoms with Crippen molar-refractivity contribution in [3.63, 3.8) is 0 Å². The van der Waals surface area contributed by atoms with Gasteiger partial charge in [0.05, 0.1) is 7.14 Å². The van der Waals surface area contributed by atoms with Crippen LogP contribution in [0.2, 0.25) is 0 Å². The molecule has 2 N–H and O–H groups in total. The van der Waals surface area contributed by atoms with Crippen molar-refractivity contribution in [3.05, 3.63) is 24.3 Å². The van der Waals surface area contributed by atoms with E-state index in [1.54, 1.807) is 0 Å². The molecular weight excluding hydrogens is 416 g/mol. The molecule has 1 aliphatic heterocycles. The molecule has 2 rings (SSSR count). The van der Waals surface area contributed by atoms with Gasteiger partial charge in [0.1, 0.15) is 5.75 Å². The van der Waals surface area contributed by atoms with Crippen LogP contribution in [0, 0.1) is 7.14 Å². The van der Waals surface area contributed by atoms with E-state index < -0.39 is 0 Å². The third-order valence-electron chi connectivity index (χ3n) is 2.86. The van der Waals surface area contributed by atoms with Gasteiger partial charge in [0.2, 0.25) is 0 Å². The molecule has 0 radical (unpaired) electrons. The van der Waals surface area contributed by atoms with Crippen LogP contribution in [0.4, 0.5) is 0 Å². The van der Waals surface area contributed by atoms with Crippen molar-refractivity contribution in [3.8, 4) is 5.75 Å². The monoisotopic (exact) mass is 429 g/mol. The lowest BCUT2D eigenvalue weighted by Crippen LogP contribution is -2.30. The van der Waals surface area contributed by atoms with E-state index >= 15 is 0 Å². The van der Waals surface area contributed by atoms with E-state index in [-0.39, 0.29) is 0 Å². The van der Waals surface area contributed by atoms with Gasteiger partial charge in [0.25, 0.3) is 0 Å². The first kappa shape index (κ1) is 11.9. The van der Waals surface area contributed by atoms with Gasteiger partial charge in [0.15, 0.2) is 0 Å². The van der Waals surface area contributed by atoms with Crippen molar-refractivity contribution in [1.82, 2.24) is 5.32 Å². The molecule has 0 saturated heterocycles. The molecule has 0 fully saturated rings. The number of fused-ring (bicyclic) bond motifs is 1. The number of aromatic hydroxyl groups is 1. The maximum absolute atomic E-state index is 9.93. The van der Waals surface area contributed by atoms with E-state index in [0.29, 0.717) is 11.8 Å². The summed E-state index contributed by atoms with van der Waals surface area (Å²) in [6, 6.07) is 2.53. The molecular formula is C11H13I2NO. The van der Waals surface area contributed by atoms with E-state index in [1.165, 1.54) is 11.1 Å². The highest BCUT2D eigenvalue weighted by atomic mass is 127. The van der Waals surface area contributed by atoms with Gasteiger partial charge >= 0.3 is 0 Å². The van der Waals surface area contributed by atoms with E-state index in [9.17, 15) is 5.11 Å². The Morgan fingerprint density at radius 1 is 1.53 bits per heavy atom. The van der Waals surface area contributed by atoms with Crippen LogP contribution in [0.3, 0.4) is 0 Å². The Balaban J connectivity index is 2.59. The molecule has 1 aromatic rings. The first-order valence-corrected chi connectivity index (χ1v) is 7.24. The highest BCUT2D eigenvalue weighted by molar-refractivity contribution is 14.1. The lowest BCUT2D eigenvalue weighted by Gasteiger charge is -2.28. The second-order valence-electron chi connectivity index (χ2n) is 3.76. The molecule has 0 aromatic heterocycles. The summed E-state index contributed by atoms with van der Waals surface area (Å²) in [6.07, 6.45) is 2.14. The van der Waals surface area contributed by atoms with Crippen LogP contribution < -0.4 is 5.32 Å². The number of hydrogen-bond acceptors (Lipinski definition) is 2. The van der Waals surface area contributed by atoms with E-state index in [1.807, 2.05) is 0 Å². The minimum atomic E-state index is 0.406. The van der Waals surface area contributed by atoms with Crippen LogP contribution in [0.25, 0.3) is 0 Å². The van der Waals surface area contributed by atoms with Crippen molar-refractivity contribution < 1.29 is 5.11 Å². The maximum atomic E-state index is 9.93. The van der Waals surface area contributed by atoms with Gasteiger partial charge in [-0.3, -0.25) is 0 Å². The standard InChI is InChI=1S/C11H13I2NO/c1-2-8-9-6(3-4-14-8)5-7(12)11(15)10(9)13/h5,8,14-15H,2-4H2,1H3. The molecule has 0 bridgehead atoms. The van der Waals surface area contributed by atoms with E-state index in [0.717, 1.165) is 26.5 Å². The fourth-order valence-corrected chi connectivity index (χ4v) is 4.26. The Bertz CT molecular complexity index is 393. The lowest BCUT2D eigenvalue weighted by atomic mass is 9.93. The average molecular weight is 429 g/mol. The smallest absolute Gasteiger partial charge is 0.142 e. The maximum Gasteiger partial charge on any atom is 0.142 e. The van der Waals surface area contributed by atoms with Gasteiger partial charge in [-0.1, -0.05) is 6.92 Å². The van der Waals surface area contributed by atoms with Crippen molar-refractivity contribution in [1.29, 1.82) is 0 Å². The zero-order chi connectivity index (χ0) is 11.0. The topological polar surface area (TPSA) is 32.3 Å². The first-order valence-electron chi connectivity index (χ1n) is 5.08. The van der Waals surface area contributed by atoms with Crippen LogP contribution in [0.1, 0.15) is 30.5 Å². The Kier molecular flexibility index (Phi) is 3.77. The van der Waals surface area contributed by atoms with Gasteiger partial charge in [0, 0.05) is 6.04 Å². The van der Waals surface area contributed by atoms with Crippen LogP contribution in [0.15, 0.2) is 6.07 Å². The highest BCUT2D eigenvalue weighted by Gasteiger charge is 2.23. The second-order valence-corrected chi connectivity index (χ2v) is 6.00. The van der Waals surface area contributed by atoms with Gasteiger partial charge in [-0.15, -0.1) is 0 Å². The predicted octanol–water partition coefficient (Wildman–Crippen LogP) is 3.20. The summed E-state index contributed by atoms with van der Waals surface area (Å²) in [5, 5.41) is 13.4. The summed E-state index contributed by atoms with van der Waals surface area (Å²) in [5.74, 6) is 0.442. The number of phenols is 1. The lowest BCUT2D eigenvalue weighted by molar-refractivity contribution is 0.452. The quantitative estimate of drug-likeness (QED) is 0.673. The summed E-state index contributed by atoms with van der Waals surface area (Å²) >= 11 is 4.46. The van der Waals surface area contributed by atoms with Crippen LogP contribution >= 0.6 is 45.2 Å². The van der Waals surface area contributed by atoms with Crippen LogP contribution in [0.5, 0.6) is 5.75 Å². The number of nitrogens with one attached hydrogen (secondary N) is 1. The number of hydrogen-bond donors (Lipinski definition) is 2. The van der Waals surface area contributed by atoms with Crippen molar-refractivity contribution in [2.24, 2.45) is 0 Å². The molecule has 1 unspecified atom stereocenters. The summed E-state index contributed by atoms with van der Waals surface area (Å²) in [7, 11) is 0. The van der Waals surface area contributed by atoms with Crippen molar-refractivity contribution >= 4 is 45.2 Å². The largest absolute Gasteiger partial charge is 0.506 e. The molecule has 0 saturated carbocycles. The van der Waals surface area contributed by atoms with Gasteiger partial charge in [-0.25, -0.2) is 0 Å². The molecule has 15 heavy (non-hydrogen) atoms. The Labute approximate surface area is 117 Å². The van der Waals surface area contributed by atoms with Crippen LogP contribution in [-0.4, -0.2) is 11.7 Å². The average Bonchev–Trinajstić information content (AvgIpc) is 2.25. The summed E-state index contributed by atoms with van der Waals surface area (Å²) in [6.45, 7) is 3.22. The molecule has 1 aliphatic rings. The third-order valence-corrected chi connectivity index (χ3v) is 4.77. The third kappa shape index (κ3) is 2.12. The fraction of sp³-hybridized carbons (Fsp3) is 0.455. The minimum Gasteiger partial charge on any atom is -0.506 e. The minimum absolute atomic E-state index is 0.406. The highest BCUT2D eigenvalue weighted by Crippen LogP contribution is 2.37. The number of benzene rings is 1. The van der Waals surface area contributed by atoms with Gasteiger partial charge in [-0.05, 0) is 81.8 Å². The Morgan fingerprint density at radius 3 is 2.93 bits per heavy atom. The Morgan fingerprint density at radius 2 is 2.27 bits per heavy atom. The fourth-order valence-electron chi connectivity index (χ4n) is 2.09. The molecule has 1 atom stereocenters. The summed E-state index contributed by atoms with van der Waals surface area (Å²) < 4.78 is 1.99. The van der Waals surface area contributed by atoms with E-state index in [2.05, 4.69) is 63.5 Å². The molecule has 1 aromatic carbocycles. The van der Waals surface area contributed by atoms with Crippen molar-refractivity contribution in [2.45, 2.75) is 25.8 Å². The zero-order valence-corrected chi connectivity index (χ0v) is 12.8. The van der Waals surface area contributed by atoms with Gasteiger partial charge in [-0.2, -0.15) is 0 Å². The first-order chi connectivity index (χ1) is 7.15. The molecule has 82 valence electrons. The van der Waals surface area contributed by atoms with E-state index in [4.69, 9.17) is 0 Å². The summed E-state index contributed by atoms with van der Waals surface area (Å²) in [5.41, 5.74) is 2.70. The molecule has 0 aliphatic carbocycles. The molecule has 2 nitrogen and oxygen atoms in total.